The monoisotopic (exact) mass is 459 g/mol. The number of nitrogens with one attached hydrogen (secondary N) is 1. The zero-order valence-corrected chi connectivity index (χ0v) is 15.2. The number of halogens is 3. The Morgan fingerprint density at radius 1 is 1.10 bits per heavy atom. The first-order valence-corrected chi connectivity index (χ1v) is 8.50. The molecule has 104 valence electrons. The van der Waals surface area contributed by atoms with Crippen molar-refractivity contribution in [3.63, 3.8) is 0 Å². The van der Waals surface area contributed by atoms with Gasteiger partial charge in [0.15, 0.2) is 0 Å². The number of benzene rings is 2. The third-order valence-electron chi connectivity index (χ3n) is 2.78. The van der Waals surface area contributed by atoms with E-state index in [1.807, 2.05) is 42.5 Å². The highest BCUT2D eigenvalue weighted by Gasteiger charge is 2.13. The van der Waals surface area contributed by atoms with Gasteiger partial charge in [-0.05, 0) is 39.7 Å². The van der Waals surface area contributed by atoms with Gasteiger partial charge in [0.1, 0.15) is 0 Å². The van der Waals surface area contributed by atoms with Crippen LogP contribution in [0.3, 0.4) is 0 Å². The molecule has 0 fully saturated rings. The molecular weight excluding hydrogens is 450 g/mol. The average Bonchev–Trinajstić information content (AvgIpc) is 2.45. The van der Waals surface area contributed by atoms with Crippen LogP contribution in [0.1, 0.15) is 20.7 Å². The first-order valence-electron chi connectivity index (χ1n) is 6.00. The van der Waals surface area contributed by atoms with Crippen molar-refractivity contribution in [2.45, 2.75) is 4.83 Å². The van der Waals surface area contributed by atoms with Gasteiger partial charge in [0.2, 0.25) is 0 Å². The lowest BCUT2D eigenvalue weighted by molar-refractivity contribution is 0.0953. The molecule has 0 aliphatic carbocycles. The molecule has 20 heavy (non-hydrogen) atoms. The fourth-order valence-electron chi connectivity index (χ4n) is 1.73. The summed E-state index contributed by atoms with van der Waals surface area (Å²) in [6, 6.07) is 15.5. The van der Waals surface area contributed by atoms with Crippen LogP contribution in [0.5, 0.6) is 0 Å². The Bertz CT molecular complexity index is 601. The third-order valence-corrected chi connectivity index (χ3v) is 4.78. The zero-order chi connectivity index (χ0) is 14.5. The van der Waals surface area contributed by atoms with E-state index < -0.39 is 0 Å². The van der Waals surface area contributed by atoms with Crippen LogP contribution in [-0.4, -0.2) is 12.5 Å². The second kappa shape index (κ2) is 7.38. The van der Waals surface area contributed by atoms with Crippen LogP contribution in [0, 0.1) is 0 Å². The summed E-state index contributed by atoms with van der Waals surface area (Å²) in [7, 11) is 0. The summed E-state index contributed by atoms with van der Waals surface area (Å²) in [5, 5.41) is 2.93. The first kappa shape index (κ1) is 15.7. The van der Waals surface area contributed by atoms with Gasteiger partial charge in [-0.1, -0.05) is 62.2 Å². The Labute approximate surface area is 143 Å². The summed E-state index contributed by atoms with van der Waals surface area (Å²) < 4.78 is 1.71. The lowest BCUT2D eigenvalue weighted by Gasteiger charge is -2.12. The Balaban J connectivity index is 1.99. The second-order valence-electron chi connectivity index (χ2n) is 4.21. The maximum atomic E-state index is 12.1. The molecule has 2 nitrogen and oxygen atoms in total. The molecule has 0 aliphatic heterocycles. The number of carbonyl (C=O) groups is 1. The van der Waals surface area contributed by atoms with Crippen molar-refractivity contribution >= 4 is 53.7 Å². The molecule has 0 aromatic heterocycles. The summed E-state index contributed by atoms with van der Waals surface area (Å²) in [6.45, 7) is 0.533. The molecule has 2 aromatic carbocycles. The van der Waals surface area contributed by atoms with Crippen LogP contribution < -0.4 is 5.32 Å². The van der Waals surface area contributed by atoms with Crippen molar-refractivity contribution in [2.75, 3.05) is 6.54 Å². The maximum Gasteiger partial charge on any atom is 0.252 e. The summed E-state index contributed by atoms with van der Waals surface area (Å²) in [6.07, 6.45) is 0. The lowest BCUT2D eigenvalue weighted by Crippen LogP contribution is -2.27. The van der Waals surface area contributed by atoms with Gasteiger partial charge < -0.3 is 5.32 Å². The Morgan fingerprint density at radius 2 is 1.80 bits per heavy atom. The standard InChI is InChI=1S/C15H12Br3NO/c16-11-6-7-12(13(17)8-11)15(20)19-9-14(18)10-4-2-1-3-5-10/h1-8,14H,9H2,(H,19,20). The number of amides is 1. The lowest BCUT2D eigenvalue weighted by atomic mass is 10.1. The molecule has 1 unspecified atom stereocenters. The molecule has 0 saturated heterocycles. The summed E-state index contributed by atoms with van der Waals surface area (Å²) in [5.41, 5.74) is 1.77. The predicted molar refractivity (Wildman–Crippen MR) is 92.3 cm³/mol. The molecule has 0 aliphatic rings. The third kappa shape index (κ3) is 4.17. The normalized spacial score (nSPS) is 11.9. The van der Waals surface area contributed by atoms with Crippen molar-refractivity contribution < 1.29 is 4.79 Å². The summed E-state index contributed by atoms with van der Waals surface area (Å²) >= 11 is 10.3. The highest BCUT2D eigenvalue weighted by Crippen LogP contribution is 2.23. The van der Waals surface area contributed by atoms with Crippen LogP contribution in [0.2, 0.25) is 0 Å². The quantitative estimate of drug-likeness (QED) is 0.632. The van der Waals surface area contributed by atoms with Gasteiger partial charge in [0.25, 0.3) is 5.91 Å². The van der Waals surface area contributed by atoms with Crippen molar-refractivity contribution in [3.8, 4) is 0 Å². The Hall–Kier alpha value is -0.650. The number of rotatable bonds is 4. The molecule has 2 rings (SSSR count). The van der Waals surface area contributed by atoms with E-state index in [2.05, 4.69) is 53.1 Å². The van der Waals surface area contributed by atoms with Crippen molar-refractivity contribution in [1.29, 1.82) is 0 Å². The van der Waals surface area contributed by atoms with Gasteiger partial charge in [-0.3, -0.25) is 4.79 Å². The van der Waals surface area contributed by atoms with E-state index >= 15 is 0 Å². The van der Waals surface area contributed by atoms with Gasteiger partial charge in [-0.2, -0.15) is 0 Å². The molecular formula is C15H12Br3NO. The highest BCUT2D eigenvalue weighted by atomic mass is 79.9. The minimum atomic E-state index is -0.0928. The Morgan fingerprint density at radius 3 is 2.45 bits per heavy atom. The van der Waals surface area contributed by atoms with E-state index in [4.69, 9.17) is 0 Å². The predicted octanol–water partition coefficient (Wildman–Crippen LogP) is 5.08. The molecule has 0 saturated carbocycles. The number of hydrogen-bond donors (Lipinski definition) is 1. The van der Waals surface area contributed by atoms with Gasteiger partial charge in [0, 0.05) is 15.5 Å². The fraction of sp³-hybridized carbons (Fsp3) is 0.133. The minimum Gasteiger partial charge on any atom is -0.351 e. The molecule has 1 atom stereocenters. The van der Waals surface area contributed by atoms with Gasteiger partial charge in [0.05, 0.1) is 10.4 Å². The Kier molecular flexibility index (Phi) is 5.81. The average molecular weight is 462 g/mol. The van der Waals surface area contributed by atoms with Crippen molar-refractivity contribution in [1.82, 2.24) is 5.32 Å². The molecule has 1 amide bonds. The van der Waals surface area contributed by atoms with E-state index in [1.54, 1.807) is 6.07 Å². The van der Waals surface area contributed by atoms with Crippen LogP contribution in [-0.2, 0) is 0 Å². The number of alkyl halides is 1. The minimum absolute atomic E-state index is 0.0928. The van der Waals surface area contributed by atoms with Crippen LogP contribution >= 0.6 is 47.8 Å². The zero-order valence-electron chi connectivity index (χ0n) is 10.4. The van der Waals surface area contributed by atoms with E-state index in [0.29, 0.717) is 12.1 Å². The highest BCUT2D eigenvalue weighted by molar-refractivity contribution is 9.11. The molecule has 0 radical (unpaired) electrons. The van der Waals surface area contributed by atoms with Gasteiger partial charge in [-0.15, -0.1) is 0 Å². The molecule has 0 spiro atoms. The molecule has 1 N–H and O–H groups in total. The number of hydrogen-bond acceptors (Lipinski definition) is 1. The second-order valence-corrected chi connectivity index (χ2v) is 7.09. The molecule has 5 heteroatoms. The summed E-state index contributed by atoms with van der Waals surface area (Å²) in [5.74, 6) is -0.0928. The SMILES string of the molecule is O=C(NCC(Br)c1ccccc1)c1ccc(Br)cc1Br. The molecule has 0 heterocycles. The van der Waals surface area contributed by atoms with Crippen LogP contribution in [0.4, 0.5) is 0 Å². The van der Waals surface area contributed by atoms with Gasteiger partial charge in [-0.25, -0.2) is 0 Å². The van der Waals surface area contributed by atoms with E-state index in [9.17, 15) is 4.79 Å². The van der Waals surface area contributed by atoms with Crippen LogP contribution in [0.15, 0.2) is 57.5 Å². The molecule has 2 aromatic rings. The smallest absolute Gasteiger partial charge is 0.252 e. The van der Waals surface area contributed by atoms with E-state index in [-0.39, 0.29) is 10.7 Å². The van der Waals surface area contributed by atoms with Crippen LogP contribution in [0.25, 0.3) is 0 Å². The summed E-state index contributed by atoms with van der Waals surface area (Å²) in [4.78, 5) is 12.2. The van der Waals surface area contributed by atoms with Crippen molar-refractivity contribution in [2.24, 2.45) is 0 Å². The van der Waals surface area contributed by atoms with E-state index in [0.717, 1.165) is 14.5 Å². The molecule has 0 bridgehead atoms. The maximum absolute atomic E-state index is 12.1. The number of carbonyl (C=O) groups excluding carboxylic acids is 1. The van der Waals surface area contributed by atoms with Gasteiger partial charge >= 0.3 is 0 Å². The first-order chi connectivity index (χ1) is 9.58. The largest absolute Gasteiger partial charge is 0.351 e. The van der Waals surface area contributed by atoms with E-state index in [1.165, 1.54) is 0 Å². The fourth-order valence-corrected chi connectivity index (χ4v) is 3.43. The topological polar surface area (TPSA) is 29.1 Å². The van der Waals surface area contributed by atoms with Crippen molar-refractivity contribution in [3.05, 3.63) is 68.6 Å².